The molecule has 0 spiro atoms. The molecule has 1 aliphatic rings. The molecule has 5 heteroatoms. The molecule has 1 atom stereocenters. The molecule has 1 aromatic heterocycles. The van der Waals surface area contributed by atoms with Gasteiger partial charge in [-0.25, -0.2) is 0 Å². The Balaban J connectivity index is 1.99. The highest BCUT2D eigenvalue weighted by molar-refractivity contribution is 7.17. The van der Waals surface area contributed by atoms with E-state index in [-0.39, 0.29) is 17.2 Å². The van der Waals surface area contributed by atoms with Crippen LogP contribution in [0.1, 0.15) is 85.0 Å². The third-order valence-electron chi connectivity index (χ3n) is 6.24. The number of fused-ring (bicyclic) bond motifs is 1. The zero-order valence-electron chi connectivity index (χ0n) is 19.6. The average molecular weight is 441 g/mol. The van der Waals surface area contributed by atoms with E-state index < -0.39 is 0 Å². The van der Waals surface area contributed by atoms with Crippen LogP contribution >= 0.6 is 11.3 Å². The van der Waals surface area contributed by atoms with Gasteiger partial charge < -0.3 is 10.2 Å². The summed E-state index contributed by atoms with van der Waals surface area (Å²) in [4.78, 5) is 29.8. The Morgan fingerprint density at radius 1 is 1.10 bits per heavy atom. The predicted octanol–water partition coefficient (Wildman–Crippen LogP) is 6.41. The van der Waals surface area contributed by atoms with Crippen LogP contribution in [-0.2, 0) is 12.8 Å². The second-order valence-corrected chi connectivity index (χ2v) is 10.7. The van der Waals surface area contributed by atoms with Crippen molar-refractivity contribution in [3.63, 3.8) is 0 Å². The third kappa shape index (κ3) is 5.38. The highest BCUT2D eigenvalue weighted by Gasteiger charge is 2.35. The van der Waals surface area contributed by atoms with Gasteiger partial charge in [-0.3, -0.25) is 9.59 Å². The fraction of sp³-hybridized carbons (Fsp3) is 0.538. The molecule has 168 valence electrons. The molecule has 4 nitrogen and oxygen atoms in total. The minimum atomic E-state index is -0.154. The van der Waals surface area contributed by atoms with Crippen LogP contribution in [0.25, 0.3) is 0 Å². The van der Waals surface area contributed by atoms with Crippen molar-refractivity contribution >= 4 is 28.2 Å². The molecule has 0 saturated carbocycles. The van der Waals surface area contributed by atoms with Crippen molar-refractivity contribution in [1.29, 1.82) is 0 Å². The first-order valence-corrected chi connectivity index (χ1v) is 12.4. The van der Waals surface area contributed by atoms with Crippen LogP contribution in [0, 0.1) is 11.3 Å². The summed E-state index contributed by atoms with van der Waals surface area (Å²) in [5.41, 5.74) is 2.74. The molecule has 0 aliphatic heterocycles. The molecule has 2 amide bonds. The molecule has 1 aromatic carbocycles. The van der Waals surface area contributed by atoms with E-state index >= 15 is 0 Å². The second-order valence-electron chi connectivity index (χ2n) is 9.63. The minimum absolute atomic E-state index is 0.0683. The fourth-order valence-electron chi connectivity index (χ4n) is 4.42. The zero-order valence-corrected chi connectivity index (χ0v) is 20.4. The molecule has 3 rings (SSSR count). The number of amides is 2. The van der Waals surface area contributed by atoms with Crippen molar-refractivity contribution in [3.8, 4) is 0 Å². The molecule has 2 aromatic rings. The van der Waals surface area contributed by atoms with Crippen molar-refractivity contribution in [2.45, 2.75) is 66.7 Å². The molecule has 0 radical (unpaired) electrons. The number of carbonyl (C=O) groups excluding carboxylic acids is 2. The second kappa shape index (κ2) is 9.99. The zero-order chi connectivity index (χ0) is 22.6. The number of nitrogens with zero attached hydrogens (tertiary/aromatic N) is 1. The number of nitrogens with one attached hydrogen (secondary N) is 1. The number of hydrogen-bond donors (Lipinski definition) is 1. The molecule has 0 fully saturated rings. The summed E-state index contributed by atoms with van der Waals surface area (Å²) in [6, 6.07) is 9.23. The smallest absolute Gasteiger partial charge is 0.257 e. The maximum Gasteiger partial charge on any atom is 0.257 e. The van der Waals surface area contributed by atoms with Gasteiger partial charge in [0.05, 0.1) is 5.56 Å². The van der Waals surface area contributed by atoms with Gasteiger partial charge in [0.25, 0.3) is 11.8 Å². The van der Waals surface area contributed by atoms with E-state index in [0.717, 1.165) is 61.3 Å². The van der Waals surface area contributed by atoms with Crippen LogP contribution < -0.4 is 5.32 Å². The third-order valence-corrected chi connectivity index (χ3v) is 7.41. The van der Waals surface area contributed by atoms with Crippen LogP contribution in [0.2, 0.25) is 0 Å². The van der Waals surface area contributed by atoms with E-state index in [1.807, 2.05) is 23.1 Å². The molecule has 0 bridgehead atoms. The Morgan fingerprint density at radius 2 is 1.74 bits per heavy atom. The largest absolute Gasteiger partial charge is 0.339 e. The van der Waals surface area contributed by atoms with Crippen LogP contribution in [0.4, 0.5) is 5.00 Å². The minimum Gasteiger partial charge on any atom is -0.339 e. The van der Waals surface area contributed by atoms with E-state index in [4.69, 9.17) is 0 Å². The molecule has 0 saturated heterocycles. The van der Waals surface area contributed by atoms with Gasteiger partial charge in [0.1, 0.15) is 5.00 Å². The summed E-state index contributed by atoms with van der Waals surface area (Å²) >= 11 is 1.61. The Labute approximate surface area is 191 Å². The van der Waals surface area contributed by atoms with Gasteiger partial charge in [-0.15, -0.1) is 11.3 Å². The molecule has 31 heavy (non-hydrogen) atoms. The number of benzene rings is 1. The van der Waals surface area contributed by atoms with Gasteiger partial charge in [0.2, 0.25) is 0 Å². The van der Waals surface area contributed by atoms with Crippen molar-refractivity contribution in [2.75, 3.05) is 18.4 Å². The lowest BCUT2D eigenvalue weighted by Crippen LogP contribution is -2.34. The van der Waals surface area contributed by atoms with Crippen LogP contribution in [0.3, 0.4) is 0 Å². The number of hydrogen-bond acceptors (Lipinski definition) is 3. The number of carbonyl (C=O) groups is 2. The van der Waals surface area contributed by atoms with E-state index in [9.17, 15) is 9.59 Å². The van der Waals surface area contributed by atoms with Crippen LogP contribution in [-0.4, -0.2) is 29.8 Å². The van der Waals surface area contributed by atoms with Gasteiger partial charge >= 0.3 is 0 Å². The maximum atomic E-state index is 13.7. The van der Waals surface area contributed by atoms with Crippen molar-refractivity contribution in [3.05, 3.63) is 51.9 Å². The lowest BCUT2D eigenvalue weighted by Gasteiger charge is -2.34. The Bertz CT molecular complexity index is 905. The van der Waals surface area contributed by atoms with Gasteiger partial charge in [-0.05, 0) is 61.1 Å². The van der Waals surface area contributed by atoms with Crippen molar-refractivity contribution in [2.24, 2.45) is 11.3 Å². The molecule has 1 heterocycles. The summed E-state index contributed by atoms with van der Waals surface area (Å²) in [6.45, 7) is 12.6. The van der Waals surface area contributed by atoms with Crippen LogP contribution in [0.5, 0.6) is 0 Å². The molecular weight excluding hydrogens is 404 g/mol. The lowest BCUT2D eigenvalue weighted by molar-refractivity contribution is 0.0755. The van der Waals surface area contributed by atoms with E-state index in [1.54, 1.807) is 23.5 Å². The van der Waals surface area contributed by atoms with Crippen molar-refractivity contribution < 1.29 is 9.59 Å². The van der Waals surface area contributed by atoms with E-state index in [0.29, 0.717) is 11.5 Å². The normalized spacial score (nSPS) is 16.0. The highest BCUT2D eigenvalue weighted by atomic mass is 32.1. The first-order chi connectivity index (χ1) is 14.8. The van der Waals surface area contributed by atoms with Gasteiger partial charge in [0.15, 0.2) is 0 Å². The lowest BCUT2D eigenvalue weighted by atomic mass is 9.72. The van der Waals surface area contributed by atoms with E-state index in [2.05, 4.69) is 39.9 Å². The summed E-state index contributed by atoms with van der Waals surface area (Å²) in [6.07, 6.45) is 4.82. The summed E-state index contributed by atoms with van der Waals surface area (Å²) in [5.74, 6) is 0.499. The molecular formula is C26H36N2O2S. The molecule has 1 unspecified atom stereocenters. The van der Waals surface area contributed by atoms with E-state index in [1.165, 1.54) is 4.88 Å². The fourth-order valence-corrected chi connectivity index (χ4v) is 5.73. The Morgan fingerprint density at radius 3 is 2.32 bits per heavy atom. The summed E-state index contributed by atoms with van der Waals surface area (Å²) in [7, 11) is 0. The standard InChI is InChI=1S/C26H36N2O2S/c1-6-15-28(16-7-2)25(30)22-20-14-13-19(26(3,4)5)17-21(20)31-24(22)27-23(29)18-11-9-8-10-12-18/h8-12,19H,6-7,13-17H2,1-5H3,(H,27,29). The molecule has 1 N–H and O–H groups in total. The van der Waals surface area contributed by atoms with Gasteiger partial charge in [0, 0.05) is 23.5 Å². The quantitative estimate of drug-likeness (QED) is 0.540. The molecule has 1 aliphatic carbocycles. The highest BCUT2D eigenvalue weighted by Crippen LogP contribution is 2.44. The van der Waals surface area contributed by atoms with Crippen molar-refractivity contribution in [1.82, 2.24) is 4.90 Å². The first-order valence-electron chi connectivity index (χ1n) is 11.6. The number of anilines is 1. The summed E-state index contributed by atoms with van der Waals surface area (Å²) in [5, 5.41) is 3.81. The van der Waals surface area contributed by atoms with Gasteiger partial charge in [-0.1, -0.05) is 52.8 Å². The first kappa shape index (κ1) is 23.5. The van der Waals surface area contributed by atoms with Gasteiger partial charge in [-0.2, -0.15) is 0 Å². The Kier molecular flexibility index (Phi) is 7.58. The Hall–Kier alpha value is -2.14. The number of thiophene rings is 1. The average Bonchev–Trinajstić information content (AvgIpc) is 3.10. The predicted molar refractivity (Wildman–Crippen MR) is 130 cm³/mol. The SMILES string of the molecule is CCCN(CCC)C(=O)c1c(NC(=O)c2ccccc2)sc2c1CCC(C(C)(C)C)C2. The maximum absolute atomic E-state index is 13.7. The number of rotatable bonds is 7. The topological polar surface area (TPSA) is 49.4 Å². The summed E-state index contributed by atoms with van der Waals surface area (Å²) < 4.78 is 0. The van der Waals surface area contributed by atoms with Crippen LogP contribution in [0.15, 0.2) is 30.3 Å². The monoisotopic (exact) mass is 440 g/mol.